The average molecular weight is 329 g/mol. The standard InChI is InChI=1S/C12H15N3O6S/c1-7-11(8(2)21-13-7)22(18,19)14-3-9(4-14)5-15-10(16)6-20-12(15)17/h9H,3-6H2,1-2H3. The second-order valence-electron chi connectivity index (χ2n) is 5.40. The molecule has 1 aromatic heterocycles. The third kappa shape index (κ3) is 2.28. The van der Waals surface area contributed by atoms with E-state index in [0.29, 0.717) is 5.69 Å². The summed E-state index contributed by atoms with van der Waals surface area (Å²) in [4.78, 5) is 23.9. The van der Waals surface area contributed by atoms with Gasteiger partial charge in [0.05, 0.1) is 0 Å². The van der Waals surface area contributed by atoms with E-state index in [1.54, 1.807) is 13.8 Å². The lowest BCUT2D eigenvalue weighted by atomic mass is 10.0. The van der Waals surface area contributed by atoms with Crippen LogP contribution in [0.15, 0.2) is 9.42 Å². The highest BCUT2D eigenvalue weighted by Crippen LogP contribution is 2.29. The van der Waals surface area contributed by atoms with Crippen LogP contribution >= 0.6 is 0 Å². The van der Waals surface area contributed by atoms with Crippen LogP contribution < -0.4 is 0 Å². The molecule has 0 spiro atoms. The molecule has 0 N–H and O–H groups in total. The van der Waals surface area contributed by atoms with Crippen molar-refractivity contribution in [2.75, 3.05) is 26.2 Å². The van der Waals surface area contributed by atoms with Crippen LogP contribution in [0.5, 0.6) is 0 Å². The van der Waals surface area contributed by atoms with Crippen LogP contribution in [0.1, 0.15) is 11.5 Å². The Labute approximate surface area is 126 Å². The number of carbonyl (C=O) groups excluding carboxylic acids is 2. The number of ether oxygens (including phenoxy) is 1. The molecule has 0 bridgehead atoms. The highest BCUT2D eigenvalue weighted by Gasteiger charge is 2.42. The molecular weight excluding hydrogens is 314 g/mol. The average Bonchev–Trinajstić information content (AvgIpc) is 2.88. The molecule has 0 atom stereocenters. The fourth-order valence-corrected chi connectivity index (χ4v) is 4.51. The number of aryl methyl sites for hydroxylation is 2. The largest absolute Gasteiger partial charge is 0.439 e. The van der Waals surface area contributed by atoms with Gasteiger partial charge in [0.25, 0.3) is 5.91 Å². The summed E-state index contributed by atoms with van der Waals surface area (Å²) in [7, 11) is -3.66. The molecule has 9 nitrogen and oxygen atoms in total. The number of hydrogen-bond acceptors (Lipinski definition) is 7. The Kier molecular flexibility index (Phi) is 3.44. The topological polar surface area (TPSA) is 110 Å². The van der Waals surface area contributed by atoms with Gasteiger partial charge >= 0.3 is 6.09 Å². The van der Waals surface area contributed by atoms with Crippen LogP contribution in [-0.2, 0) is 19.6 Å². The molecule has 0 unspecified atom stereocenters. The van der Waals surface area contributed by atoms with Gasteiger partial charge in [-0.25, -0.2) is 18.1 Å². The predicted octanol–water partition coefficient (Wildman–Crippen LogP) is -0.109. The van der Waals surface area contributed by atoms with E-state index in [1.165, 1.54) is 4.31 Å². The third-order valence-corrected chi connectivity index (χ3v) is 5.85. The van der Waals surface area contributed by atoms with Crippen LogP contribution in [-0.4, -0.2) is 61.0 Å². The summed E-state index contributed by atoms with van der Waals surface area (Å²) in [5.74, 6) is -0.235. The minimum Gasteiger partial charge on any atom is -0.439 e. The lowest BCUT2D eigenvalue weighted by molar-refractivity contribution is -0.126. The van der Waals surface area contributed by atoms with Gasteiger partial charge in [-0.1, -0.05) is 5.16 Å². The van der Waals surface area contributed by atoms with E-state index in [9.17, 15) is 18.0 Å². The molecule has 2 aliphatic rings. The monoisotopic (exact) mass is 329 g/mol. The van der Waals surface area contributed by atoms with Gasteiger partial charge in [-0.3, -0.25) is 4.79 Å². The Balaban J connectivity index is 1.66. The molecule has 0 saturated carbocycles. The molecule has 0 radical (unpaired) electrons. The summed E-state index contributed by atoms with van der Waals surface area (Å²) in [6, 6.07) is 0. The van der Waals surface area contributed by atoms with Crippen molar-refractivity contribution < 1.29 is 27.3 Å². The minimum atomic E-state index is -3.66. The summed E-state index contributed by atoms with van der Waals surface area (Å²) >= 11 is 0. The molecular formula is C12H15N3O6S. The van der Waals surface area contributed by atoms with Crippen LogP contribution in [0, 0.1) is 19.8 Å². The number of amides is 2. The zero-order valence-electron chi connectivity index (χ0n) is 12.1. The lowest BCUT2D eigenvalue weighted by Gasteiger charge is -2.38. The molecule has 1 aromatic rings. The maximum Gasteiger partial charge on any atom is 0.417 e. The molecule has 2 aliphatic heterocycles. The highest BCUT2D eigenvalue weighted by molar-refractivity contribution is 7.89. The molecule has 120 valence electrons. The van der Waals surface area contributed by atoms with E-state index >= 15 is 0 Å². The quantitative estimate of drug-likeness (QED) is 0.758. The van der Waals surface area contributed by atoms with Crippen molar-refractivity contribution in [3.63, 3.8) is 0 Å². The van der Waals surface area contributed by atoms with Gasteiger partial charge in [0.2, 0.25) is 10.0 Å². The second-order valence-corrected chi connectivity index (χ2v) is 7.28. The lowest BCUT2D eigenvalue weighted by Crippen LogP contribution is -2.54. The van der Waals surface area contributed by atoms with Gasteiger partial charge in [-0.05, 0) is 13.8 Å². The van der Waals surface area contributed by atoms with Crippen LogP contribution in [0.25, 0.3) is 0 Å². The zero-order chi connectivity index (χ0) is 16.1. The summed E-state index contributed by atoms with van der Waals surface area (Å²) in [5.41, 5.74) is 0.319. The first-order chi connectivity index (χ1) is 10.3. The number of imide groups is 1. The van der Waals surface area contributed by atoms with E-state index in [4.69, 9.17) is 4.52 Å². The number of nitrogens with zero attached hydrogens (tertiary/aromatic N) is 3. The maximum atomic E-state index is 12.5. The molecule has 0 aromatic carbocycles. The Morgan fingerprint density at radius 3 is 2.45 bits per heavy atom. The van der Waals surface area contributed by atoms with Crippen molar-refractivity contribution in [2.45, 2.75) is 18.7 Å². The van der Waals surface area contributed by atoms with Crippen molar-refractivity contribution in [3.8, 4) is 0 Å². The molecule has 22 heavy (non-hydrogen) atoms. The second kappa shape index (κ2) is 5.06. The zero-order valence-corrected chi connectivity index (χ0v) is 12.9. The fourth-order valence-electron chi connectivity index (χ4n) is 2.62. The van der Waals surface area contributed by atoms with Crippen molar-refractivity contribution >= 4 is 22.0 Å². The molecule has 3 heterocycles. The van der Waals surface area contributed by atoms with Crippen molar-refractivity contribution in [3.05, 3.63) is 11.5 Å². The van der Waals surface area contributed by atoms with Crippen LogP contribution in [0.3, 0.4) is 0 Å². The number of sulfonamides is 1. The predicted molar refractivity (Wildman–Crippen MR) is 71.3 cm³/mol. The smallest absolute Gasteiger partial charge is 0.417 e. The Morgan fingerprint density at radius 2 is 1.95 bits per heavy atom. The molecule has 10 heteroatoms. The van der Waals surface area contributed by atoms with Gasteiger partial charge < -0.3 is 9.26 Å². The Hall–Kier alpha value is -1.94. The summed E-state index contributed by atoms with van der Waals surface area (Å²) < 4.78 is 35.8. The Bertz CT molecular complexity index is 699. The van der Waals surface area contributed by atoms with Gasteiger partial charge in [-0.15, -0.1) is 0 Å². The van der Waals surface area contributed by atoms with E-state index < -0.39 is 22.0 Å². The number of cyclic esters (lactones) is 1. The van der Waals surface area contributed by atoms with Crippen LogP contribution in [0.4, 0.5) is 4.79 Å². The first-order valence-electron chi connectivity index (χ1n) is 6.71. The number of carbonyl (C=O) groups is 2. The summed E-state index contributed by atoms with van der Waals surface area (Å²) in [6.07, 6.45) is -0.669. The normalized spacial score (nSPS) is 20.4. The van der Waals surface area contributed by atoms with E-state index in [0.717, 1.165) is 4.90 Å². The van der Waals surface area contributed by atoms with E-state index in [1.807, 2.05) is 0 Å². The summed E-state index contributed by atoms with van der Waals surface area (Å²) in [6.45, 7) is 3.52. The fraction of sp³-hybridized carbons (Fsp3) is 0.583. The SMILES string of the molecule is Cc1noc(C)c1S(=O)(=O)N1CC(CN2C(=O)COC2=O)C1. The maximum absolute atomic E-state index is 12.5. The molecule has 2 amide bonds. The molecule has 3 rings (SSSR count). The van der Waals surface area contributed by atoms with Gasteiger partial charge in [0.1, 0.15) is 10.6 Å². The summed E-state index contributed by atoms with van der Waals surface area (Å²) in [5, 5.41) is 3.65. The number of hydrogen-bond donors (Lipinski definition) is 0. The third-order valence-electron chi connectivity index (χ3n) is 3.77. The molecule has 0 aliphatic carbocycles. The first-order valence-corrected chi connectivity index (χ1v) is 8.15. The Morgan fingerprint density at radius 1 is 1.27 bits per heavy atom. The van der Waals surface area contributed by atoms with Crippen molar-refractivity contribution in [1.82, 2.24) is 14.4 Å². The molecule has 2 fully saturated rings. The number of aromatic nitrogens is 1. The highest BCUT2D eigenvalue weighted by atomic mass is 32.2. The van der Waals surface area contributed by atoms with Crippen LogP contribution in [0.2, 0.25) is 0 Å². The first kappa shape index (κ1) is 15.0. The van der Waals surface area contributed by atoms with Crippen molar-refractivity contribution in [2.24, 2.45) is 5.92 Å². The van der Waals surface area contributed by atoms with Gasteiger partial charge in [-0.2, -0.15) is 4.31 Å². The minimum absolute atomic E-state index is 0.0857. The van der Waals surface area contributed by atoms with Crippen molar-refractivity contribution in [1.29, 1.82) is 0 Å². The van der Waals surface area contributed by atoms with E-state index in [-0.39, 0.29) is 42.8 Å². The van der Waals surface area contributed by atoms with E-state index in [2.05, 4.69) is 9.89 Å². The number of rotatable bonds is 4. The van der Waals surface area contributed by atoms with Gasteiger partial charge in [0, 0.05) is 25.6 Å². The van der Waals surface area contributed by atoms with Gasteiger partial charge in [0.15, 0.2) is 12.4 Å². The molecule has 2 saturated heterocycles.